The molecule has 0 spiro atoms. The molecule has 0 aliphatic heterocycles. The summed E-state index contributed by atoms with van der Waals surface area (Å²) in [6.07, 6.45) is 1.36. The highest BCUT2D eigenvalue weighted by atomic mass is 79.9. The molecular formula is C12H7BrF2N2O2. The SMILES string of the molecule is NC(=O)c1ncc(Br)cc1Oc1ccc(F)cc1F. The lowest BCUT2D eigenvalue weighted by molar-refractivity contribution is 0.0993. The molecule has 1 aromatic carbocycles. The number of rotatable bonds is 3. The van der Waals surface area contributed by atoms with Crippen LogP contribution in [0.25, 0.3) is 0 Å². The lowest BCUT2D eigenvalue weighted by Crippen LogP contribution is -2.14. The summed E-state index contributed by atoms with van der Waals surface area (Å²) in [5, 5.41) is 0. The number of hydrogen-bond acceptors (Lipinski definition) is 3. The van der Waals surface area contributed by atoms with Gasteiger partial charge in [0.25, 0.3) is 5.91 Å². The highest BCUT2D eigenvalue weighted by Crippen LogP contribution is 2.28. The summed E-state index contributed by atoms with van der Waals surface area (Å²) in [7, 11) is 0. The molecule has 0 saturated carbocycles. The van der Waals surface area contributed by atoms with Crippen LogP contribution in [-0.2, 0) is 0 Å². The standard InChI is InChI=1S/C12H7BrF2N2O2/c13-6-3-10(11(12(16)18)17-5-6)19-9-2-1-7(14)4-8(9)15/h1-5H,(H2,16,18). The molecule has 0 saturated heterocycles. The smallest absolute Gasteiger partial charge is 0.271 e. The topological polar surface area (TPSA) is 65.2 Å². The normalized spacial score (nSPS) is 10.3. The van der Waals surface area contributed by atoms with E-state index >= 15 is 0 Å². The number of pyridine rings is 1. The summed E-state index contributed by atoms with van der Waals surface area (Å²) in [5.41, 5.74) is 4.98. The number of carbonyl (C=O) groups excluding carboxylic acids is 1. The van der Waals surface area contributed by atoms with Crippen LogP contribution in [0.15, 0.2) is 34.9 Å². The summed E-state index contributed by atoms with van der Waals surface area (Å²) < 4.78 is 32.0. The average Bonchev–Trinajstić information content (AvgIpc) is 2.32. The maximum absolute atomic E-state index is 13.5. The van der Waals surface area contributed by atoms with Gasteiger partial charge in [-0.15, -0.1) is 0 Å². The second-order valence-electron chi connectivity index (χ2n) is 3.54. The van der Waals surface area contributed by atoms with Crippen molar-refractivity contribution in [2.75, 3.05) is 0 Å². The Kier molecular flexibility index (Phi) is 3.75. The molecule has 7 heteroatoms. The van der Waals surface area contributed by atoms with Crippen LogP contribution in [-0.4, -0.2) is 10.9 Å². The second kappa shape index (κ2) is 5.31. The first-order valence-electron chi connectivity index (χ1n) is 5.05. The van der Waals surface area contributed by atoms with Crippen molar-refractivity contribution in [3.8, 4) is 11.5 Å². The Labute approximate surface area is 115 Å². The quantitative estimate of drug-likeness (QED) is 0.941. The fourth-order valence-corrected chi connectivity index (χ4v) is 1.67. The van der Waals surface area contributed by atoms with Crippen LogP contribution in [0.2, 0.25) is 0 Å². The van der Waals surface area contributed by atoms with Crippen molar-refractivity contribution in [2.45, 2.75) is 0 Å². The number of benzene rings is 1. The third-order valence-corrected chi connectivity index (χ3v) is 2.60. The molecule has 2 N–H and O–H groups in total. The van der Waals surface area contributed by atoms with Gasteiger partial charge in [-0.3, -0.25) is 4.79 Å². The van der Waals surface area contributed by atoms with Gasteiger partial charge in [-0.05, 0) is 34.1 Å². The van der Waals surface area contributed by atoms with E-state index in [9.17, 15) is 13.6 Å². The van der Waals surface area contributed by atoms with Crippen LogP contribution in [0, 0.1) is 11.6 Å². The van der Waals surface area contributed by atoms with E-state index < -0.39 is 17.5 Å². The molecule has 0 unspecified atom stereocenters. The molecule has 4 nitrogen and oxygen atoms in total. The van der Waals surface area contributed by atoms with Gasteiger partial charge in [0, 0.05) is 16.7 Å². The maximum Gasteiger partial charge on any atom is 0.271 e. The van der Waals surface area contributed by atoms with Gasteiger partial charge < -0.3 is 10.5 Å². The van der Waals surface area contributed by atoms with Crippen LogP contribution in [0.5, 0.6) is 11.5 Å². The number of primary amides is 1. The highest BCUT2D eigenvalue weighted by Gasteiger charge is 2.15. The summed E-state index contributed by atoms with van der Waals surface area (Å²) >= 11 is 3.14. The minimum atomic E-state index is -0.893. The van der Waals surface area contributed by atoms with Gasteiger partial charge in [0.15, 0.2) is 23.0 Å². The molecule has 0 fully saturated rings. The Bertz CT molecular complexity index is 650. The predicted octanol–water partition coefficient (Wildman–Crippen LogP) is 3.01. The first-order valence-corrected chi connectivity index (χ1v) is 5.85. The molecular weight excluding hydrogens is 322 g/mol. The van der Waals surface area contributed by atoms with E-state index in [0.29, 0.717) is 10.5 Å². The van der Waals surface area contributed by atoms with Gasteiger partial charge in [-0.1, -0.05) is 0 Å². The first-order chi connectivity index (χ1) is 8.97. The summed E-state index contributed by atoms with van der Waals surface area (Å²) in [6.45, 7) is 0. The van der Waals surface area contributed by atoms with Crippen LogP contribution < -0.4 is 10.5 Å². The Morgan fingerprint density at radius 2 is 2.00 bits per heavy atom. The summed E-state index contributed by atoms with van der Waals surface area (Å²) in [4.78, 5) is 15.0. The van der Waals surface area contributed by atoms with E-state index in [4.69, 9.17) is 10.5 Å². The van der Waals surface area contributed by atoms with Crippen LogP contribution in [0.4, 0.5) is 8.78 Å². The molecule has 0 bridgehead atoms. The molecule has 2 aromatic rings. The number of ether oxygens (including phenoxy) is 1. The Morgan fingerprint density at radius 1 is 1.26 bits per heavy atom. The fourth-order valence-electron chi connectivity index (χ4n) is 1.36. The maximum atomic E-state index is 13.5. The lowest BCUT2D eigenvalue weighted by Gasteiger charge is -2.09. The average molecular weight is 329 g/mol. The van der Waals surface area contributed by atoms with E-state index in [1.807, 2.05) is 0 Å². The van der Waals surface area contributed by atoms with Crippen molar-refractivity contribution in [1.82, 2.24) is 4.98 Å². The van der Waals surface area contributed by atoms with Gasteiger partial charge in [0.1, 0.15) is 5.82 Å². The highest BCUT2D eigenvalue weighted by molar-refractivity contribution is 9.10. The molecule has 2 rings (SSSR count). The van der Waals surface area contributed by atoms with E-state index in [2.05, 4.69) is 20.9 Å². The van der Waals surface area contributed by atoms with Crippen molar-refractivity contribution >= 4 is 21.8 Å². The fraction of sp³-hybridized carbons (Fsp3) is 0. The molecule has 0 radical (unpaired) electrons. The van der Waals surface area contributed by atoms with Crippen molar-refractivity contribution in [1.29, 1.82) is 0 Å². The third kappa shape index (κ3) is 3.05. The molecule has 98 valence electrons. The van der Waals surface area contributed by atoms with Gasteiger partial charge in [-0.25, -0.2) is 13.8 Å². The molecule has 19 heavy (non-hydrogen) atoms. The van der Waals surface area contributed by atoms with Crippen LogP contribution in [0.1, 0.15) is 10.5 Å². The van der Waals surface area contributed by atoms with Gasteiger partial charge in [0.2, 0.25) is 0 Å². The monoisotopic (exact) mass is 328 g/mol. The Hall–Kier alpha value is -2.02. The van der Waals surface area contributed by atoms with Crippen molar-refractivity contribution in [2.24, 2.45) is 5.73 Å². The number of hydrogen-bond donors (Lipinski definition) is 1. The third-order valence-electron chi connectivity index (χ3n) is 2.17. The minimum absolute atomic E-state index is 0.0209. The number of halogens is 3. The van der Waals surface area contributed by atoms with E-state index in [0.717, 1.165) is 12.1 Å². The number of aromatic nitrogens is 1. The number of nitrogens with zero attached hydrogens (tertiary/aromatic N) is 1. The molecule has 1 heterocycles. The van der Waals surface area contributed by atoms with E-state index in [1.54, 1.807) is 0 Å². The van der Waals surface area contributed by atoms with Crippen molar-refractivity contribution in [3.63, 3.8) is 0 Å². The largest absolute Gasteiger partial charge is 0.452 e. The molecule has 1 aromatic heterocycles. The molecule has 0 aliphatic rings. The number of carbonyl (C=O) groups is 1. The van der Waals surface area contributed by atoms with E-state index in [1.165, 1.54) is 12.3 Å². The minimum Gasteiger partial charge on any atom is -0.452 e. The van der Waals surface area contributed by atoms with Crippen LogP contribution in [0.3, 0.4) is 0 Å². The summed E-state index contributed by atoms with van der Waals surface area (Å²) in [6, 6.07) is 4.23. The Morgan fingerprint density at radius 3 is 2.63 bits per heavy atom. The Balaban J connectivity index is 2.42. The molecule has 0 atom stereocenters. The molecule has 1 amide bonds. The number of amides is 1. The second-order valence-corrected chi connectivity index (χ2v) is 4.46. The summed E-state index contributed by atoms with van der Waals surface area (Å²) in [5.74, 6) is -2.69. The zero-order chi connectivity index (χ0) is 14.0. The molecule has 0 aliphatic carbocycles. The van der Waals surface area contributed by atoms with Crippen molar-refractivity contribution in [3.05, 3.63) is 52.3 Å². The predicted molar refractivity (Wildman–Crippen MR) is 66.9 cm³/mol. The zero-order valence-electron chi connectivity index (χ0n) is 9.36. The van der Waals surface area contributed by atoms with Gasteiger partial charge in [0.05, 0.1) is 0 Å². The zero-order valence-corrected chi connectivity index (χ0v) is 10.9. The van der Waals surface area contributed by atoms with E-state index in [-0.39, 0.29) is 17.2 Å². The van der Waals surface area contributed by atoms with Crippen molar-refractivity contribution < 1.29 is 18.3 Å². The van der Waals surface area contributed by atoms with Gasteiger partial charge in [-0.2, -0.15) is 0 Å². The number of nitrogens with two attached hydrogens (primary N) is 1. The first kappa shape index (κ1) is 13.4. The van der Waals surface area contributed by atoms with Gasteiger partial charge >= 0.3 is 0 Å². The van der Waals surface area contributed by atoms with Crippen LogP contribution >= 0.6 is 15.9 Å². The lowest BCUT2D eigenvalue weighted by atomic mass is 10.3.